The summed E-state index contributed by atoms with van der Waals surface area (Å²) in [6.07, 6.45) is 8.61. The number of aromatic nitrogens is 1. The number of methoxy groups -OCH3 is 1. The molecule has 0 spiro atoms. The molecule has 0 bridgehead atoms. The zero-order valence-electron chi connectivity index (χ0n) is 14.6. The Labute approximate surface area is 152 Å². The van der Waals surface area contributed by atoms with E-state index in [4.69, 9.17) is 19.3 Å². The first-order valence-corrected chi connectivity index (χ1v) is 8.42. The standard InChI is InChI=1S/C20H21NO5/c1-24-13-26-20-15(6-7-19(22)23)11-18-16(5-3-9-25-18)17(20)10-14-4-2-8-21-12-14/h2,4,6-8,11-12H,3,5,9-10,13H2,1H3,(H,22,23)/b7-6+. The van der Waals surface area contributed by atoms with Crippen molar-refractivity contribution in [3.05, 3.63) is 58.9 Å². The highest BCUT2D eigenvalue weighted by Gasteiger charge is 2.22. The van der Waals surface area contributed by atoms with E-state index < -0.39 is 5.97 Å². The van der Waals surface area contributed by atoms with Gasteiger partial charge < -0.3 is 19.3 Å². The van der Waals surface area contributed by atoms with Crippen LogP contribution in [0.3, 0.4) is 0 Å². The summed E-state index contributed by atoms with van der Waals surface area (Å²) in [7, 11) is 1.55. The molecule has 0 atom stereocenters. The molecule has 6 heteroatoms. The number of aliphatic carboxylic acids is 1. The molecular formula is C20H21NO5. The second-order valence-corrected chi connectivity index (χ2v) is 5.96. The van der Waals surface area contributed by atoms with Crippen molar-refractivity contribution in [3.8, 4) is 11.5 Å². The predicted molar refractivity (Wildman–Crippen MR) is 96.5 cm³/mol. The third-order valence-electron chi connectivity index (χ3n) is 4.14. The van der Waals surface area contributed by atoms with Crippen LogP contribution in [0, 0.1) is 0 Å². The zero-order chi connectivity index (χ0) is 18.4. The molecule has 1 aliphatic heterocycles. The van der Waals surface area contributed by atoms with Gasteiger partial charge in [0.2, 0.25) is 0 Å². The molecule has 0 saturated heterocycles. The highest BCUT2D eigenvalue weighted by Crippen LogP contribution is 2.39. The fourth-order valence-electron chi connectivity index (χ4n) is 3.05. The minimum absolute atomic E-state index is 0.0770. The van der Waals surface area contributed by atoms with Crippen LogP contribution in [0.2, 0.25) is 0 Å². The van der Waals surface area contributed by atoms with Gasteiger partial charge >= 0.3 is 5.97 Å². The highest BCUT2D eigenvalue weighted by molar-refractivity contribution is 5.86. The number of hydrogen-bond donors (Lipinski definition) is 1. The van der Waals surface area contributed by atoms with Gasteiger partial charge in [0.05, 0.1) is 6.61 Å². The Balaban J connectivity index is 2.12. The number of carboxylic acids is 1. The predicted octanol–water partition coefficient (Wildman–Crippen LogP) is 3.08. The van der Waals surface area contributed by atoms with Gasteiger partial charge in [0.25, 0.3) is 0 Å². The first kappa shape index (κ1) is 17.9. The van der Waals surface area contributed by atoms with Gasteiger partial charge in [-0.3, -0.25) is 4.98 Å². The van der Waals surface area contributed by atoms with E-state index in [0.29, 0.717) is 24.3 Å². The SMILES string of the molecule is COCOc1c(/C=C/C(=O)O)cc2c(c1Cc1cccnc1)CCCO2. The maximum absolute atomic E-state index is 11.0. The van der Waals surface area contributed by atoms with Gasteiger partial charge in [-0.05, 0) is 36.6 Å². The van der Waals surface area contributed by atoms with Crippen molar-refractivity contribution in [2.24, 2.45) is 0 Å². The van der Waals surface area contributed by atoms with E-state index in [1.807, 2.05) is 24.4 Å². The lowest BCUT2D eigenvalue weighted by atomic mass is 9.92. The van der Waals surface area contributed by atoms with E-state index in [1.165, 1.54) is 6.08 Å². The third-order valence-corrected chi connectivity index (χ3v) is 4.14. The van der Waals surface area contributed by atoms with Gasteiger partial charge in [-0.15, -0.1) is 0 Å². The lowest BCUT2D eigenvalue weighted by Gasteiger charge is -2.24. The van der Waals surface area contributed by atoms with Crippen LogP contribution in [-0.2, 0) is 22.4 Å². The van der Waals surface area contributed by atoms with Crippen LogP contribution in [0.4, 0.5) is 0 Å². The average molecular weight is 355 g/mol. The molecule has 1 aromatic heterocycles. The Bertz CT molecular complexity index is 802. The molecular weight excluding hydrogens is 334 g/mol. The number of carboxylic acid groups (broad SMARTS) is 1. The second-order valence-electron chi connectivity index (χ2n) is 5.96. The van der Waals surface area contributed by atoms with Crippen molar-refractivity contribution in [1.29, 1.82) is 0 Å². The third kappa shape index (κ3) is 4.21. The minimum Gasteiger partial charge on any atom is -0.493 e. The monoisotopic (exact) mass is 355 g/mol. The fourth-order valence-corrected chi connectivity index (χ4v) is 3.05. The van der Waals surface area contributed by atoms with Crippen LogP contribution in [0.25, 0.3) is 6.08 Å². The Kier molecular flexibility index (Phi) is 5.86. The molecule has 136 valence electrons. The first-order valence-electron chi connectivity index (χ1n) is 8.42. The van der Waals surface area contributed by atoms with Gasteiger partial charge in [0.15, 0.2) is 6.79 Å². The van der Waals surface area contributed by atoms with E-state index in [1.54, 1.807) is 13.3 Å². The van der Waals surface area contributed by atoms with Crippen molar-refractivity contribution in [1.82, 2.24) is 4.98 Å². The summed E-state index contributed by atoms with van der Waals surface area (Å²) in [6.45, 7) is 0.729. The van der Waals surface area contributed by atoms with E-state index in [9.17, 15) is 4.79 Å². The topological polar surface area (TPSA) is 77.9 Å². The number of fused-ring (bicyclic) bond motifs is 1. The van der Waals surface area contributed by atoms with Gasteiger partial charge in [0.1, 0.15) is 11.5 Å². The van der Waals surface area contributed by atoms with Crippen LogP contribution in [0.5, 0.6) is 11.5 Å². The maximum Gasteiger partial charge on any atom is 0.328 e. The van der Waals surface area contributed by atoms with Crippen LogP contribution in [-0.4, -0.2) is 36.6 Å². The number of hydrogen-bond acceptors (Lipinski definition) is 5. The Morgan fingerprint density at radius 1 is 1.46 bits per heavy atom. The van der Waals surface area contributed by atoms with Crippen molar-refractivity contribution >= 4 is 12.0 Å². The summed E-state index contributed by atoms with van der Waals surface area (Å²) in [6, 6.07) is 5.73. The van der Waals surface area contributed by atoms with E-state index in [0.717, 1.165) is 41.4 Å². The highest BCUT2D eigenvalue weighted by atomic mass is 16.7. The normalized spacial score (nSPS) is 13.3. The van der Waals surface area contributed by atoms with Gasteiger partial charge in [-0.2, -0.15) is 0 Å². The maximum atomic E-state index is 11.0. The molecule has 2 aromatic rings. The fraction of sp³-hybridized carbons (Fsp3) is 0.300. The molecule has 0 radical (unpaired) electrons. The molecule has 0 saturated carbocycles. The van der Waals surface area contributed by atoms with Crippen LogP contribution < -0.4 is 9.47 Å². The van der Waals surface area contributed by atoms with Crippen molar-refractivity contribution in [2.45, 2.75) is 19.3 Å². The number of ether oxygens (including phenoxy) is 3. The summed E-state index contributed by atoms with van der Waals surface area (Å²) >= 11 is 0. The van der Waals surface area contributed by atoms with Crippen LogP contribution >= 0.6 is 0 Å². The molecule has 1 aliphatic rings. The summed E-state index contributed by atoms with van der Waals surface area (Å²) in [5, 5.41) is 8.99. The molecule has 6 nitrogen and oxygen atoms in total. The smallest absolute Gasteiger partial charge is 0.328 e. The zero-order valence-corrected chi connectivity index (χ0v) is 14.6. The first-order chi connectivity index (χ1) is 12.7. The molecule has 0 unspecified atom stereocenters. The quantitative estimate of drug-likeness (QED) is 0.607. The summed E-state index contributed by atoms with van der Waals surface area (Å²) in [4.78, 5) is 15.1. The van der Waals surface area contributed by atoms with Crippen molar-refractivity contribution in [2.75, 3.05) is 20.5 Å². The molecule has 3 rings (SSSR count). The molecule has 26 heavy (non-hydrogen) atoms. The number of rotatable bonds is 7. The number of benzene rings is 1. The molecule has 0 aliphatic carbocycles. The number of nitrogens with zero attached hydrogens (tertiary/aromatic N) is 1. The van der Waals surface area contributed by atoms with Crippen molar-refractivity contribution < 1.29 is 24.1 Å². The molecule has 1 N–H and O–H groups in total. The lowest BCUT2D eigenvalue weighted by Crippen LogP contribution is -2.14. The summed E-state index contributed by atoms with van der Waals surface area (Å²) in [5.74, 6) is 0.387. The molecule has 2 heterocycles. The number of carbonyl (C=O) groups is 1. The Morgan fingerprint density at radius 2 is 2.35 bits per heavy atom. The lowest BCUT2D eigenvalue weighted by molar-refractivity contribution is -0.131. The van der Waals surface area contributed by atoms with Crippen LogP contribution in [0.1, 0.15) is 28.7 Å². The summed E-state index contributed by atoms with van der Waals surface area (Å²) in [5.41, 5.74) is 3.78. The molecule has 0 fully saturated rings. The molecule has 1 aromatic carbocycles. The average Bonchev–Trinajstić information content (AvgIpc) is 2.66. The van der Waals surface area contributed by atoms with Crippen molar-refractivity contribution in [3.63, 3.8) is 0 Å². The van der Waals surface area contributed by atoms with Gasteiger partial charge in [0, 0.05) is 48.7 Å². The van der Waals surface area contributed by atoms with E-state index >= 15 is 0 Å². The van der Waals surface area contributed by atoms with Gasteiger partial charge in [-0.25, -0.2) is 4.79 Å². The second kappa shape index (κ2) is 8.49. The van der Waals surface area contributed by atoms with Crippen LogP contribution in [0.15, 0.2) is 36.7 Å². The Morgan fingerprint density at radius 3 is 3.08 bits per heavy atom. The summed E-state index contributed by atoms with van der Waals surface area (Å²) < 4.78 is 16.7. The number of pyridine rings is 1. The van der Waals surface area contributed by atoms with Gasteiger partial charge in [-0.1, -0.05) is 6.07 Å². The minimum atomic E-state index is -1.02. The Hall–Kier alpha value is -2.86. The van der Waals surface area contributed by atoms with E-state index in [2.05, 4.69) is 4.98 Å². The molecule has 0 amide bonds. The van der Waals surface area contributed by atoms with E-state index in [-0.39, 0.29) is 6.79 Å². The largest absolute Gasteiger partial charge is 0.493 e.